The molecule has 0 saturated carbocycles. The van der Waals surface area contributed by atoms with E-state index in [1.54, 1.807) is 0 Å². The summed E-state index contributed by atoms with van der Waals surface area (Å²) in [5.41, 5.74) is 0. The van der Waals surface area contributed by atoms with Crippen LogP contribution in [0.1, 0.15) is 0 Å². The van der Waals surface area contributed by atoms with Gasteiger partial charge in [0.15, 0.2) is 25.2 Å². The number of aliphatic hydroxyl groups is 13. The first kappa shape index (κ1) is 38.0. The molecule has 0 aliphatic carbocycles. The number of rotatable bonds is 11. The molecule has 0 radical (unpaired) electrons. The van der Waals surface area contributed by atoms with Crippen molar-refractivity contribution in [3.8, 4) is 0 Å². The fourth-order valence-corrected chi connectivity index (χ4v) is 5.51. The zero-order valence-corrected chi connectivity index (χ0v) is 24.5. The SMILES string of the molecule is CO[C@H]1O[C@H](CO[C@H]2O[C@H](CO[C@H]3O[C@H](CO)[C@@H](O)[C@H](O)[C@@H]3O)[C@@H](O)[C@H](O[C@H]3O[C@H](CO)[C@@H](O)[C@H](O)[C@@H]3O)[C@@H]2O)[C@@H](O)[C@H](O)[C@@H]1O. The Hall–Kier alpha value is -0.840. The molecule has 0 aromatic carbocycles. The third kappa shape index (κ3) is 7.80. The van der Waals surface area contributed by atoms with Gasteiger partial charge in [0, 0.05) is 7.11 Å². The highest BCUT2D eigenvalue weighted by molar-refractivity contribution is 4.96. The van der Waals surface area contributed by atoms with Gasteiger partial charge < -0.3 is 104 Å². The number of hydrogen-bond donors (Lipinski definition) is 13. The van der Waals surface area contributed by atoms with E-state index in [-0.39, 0.29) is 0 Å². The van der Waals surface area contributed by atoms with Crippen molar-refractivity contribution in [1.29, 1.82) is 0 Å². The molecular weight excluding hydrogens is 636 g/mol. The summed E-state index contributed by atoms with van der Waals surface area (Å²) in [5, 5.41) is 133. The summed E-state index contributed by atoms with van der Waals surface area (Å²) in [7, 11) is 1.17. The van der Waals surface area contributed by atoms with E-state index in [4.69, 9.17) is 37.9 Å². The zero-order chi connectivity index (χ0) is 34.0. The second-order valence-corrected chi connectivity index (χ2v) is 11.4. The van der Waals surface area contributed by atoms with Crippen LogP contribution in [-0.4, -0.2) is 223 Å². The van der Waals surface area contributed by atoms with Crippen LogP contribution in [0, 0.1) is 0 Å². The average Bonchev–Trinajstić information content (AvgIpc) is 3.05. The van der Waals surface area contributed by atoms with Gasteiger partial charge in [-0.3, -0.25) is 0 Å². The van der Waals surface area contributed by atoms with Gasteiger partial charge >= 0.3 is 0 Å². The van der Waals surface area contributed by atoms with Crippen molar-refractivity contribution in [2.75, 3.05) is 33.5 Å². The first-order valence-corrected chi connectivity index (χ1v) is 14.5. The van der Waals surface area contributed by atoms with Gasteiger partial charge in [-0.25, -0.2) is 0 Å². The monoisotopic (exact) mass is 680 g/mol. The first-order chi connectivity index (χ1) is 21.7. The quantitative estimate of drug-likeness (QED) is 0.0963. The summed E-state index contributed by atoms with van der Waals surface area (Å²) >= 11 is 0. The van der Waals surface area contributed by atoms with Crippen molar-refractivity contribution >= 4 is 0 Å². The van der Waals surface area contributed by atoms with Crippen molar-refractivity contribution in [1.82, 2.24) is 0 Å². The smallest absolute Gasteiger partial charge is 0.187 e. The van der Waals surface area contributed by atoms with E-state index >= 15 is 0 Å². The second kappa shape index (κ2) is 16.2. The van der Waals surface area contributed by atoms with E-state index in [2.05, 4.69) is 0 Å². The molecule has 21 nitrogen and oxygen atoms in total. The molecule has 0 spiro atoms. The Morgan fingerprint density at radius 3 is 1.28 bits per heavy atom. The Morgan fingerprint density at radius 2 is 0.783 bits per heavy atom. The minimum atomic E-state index is -1.94. The van der Waals surface area contributed by atoms with Crippen molar-refractivity contribution in [2.24, 2.45) is 0 Å². The molecule has 13 N–H and O–H groups in total. The number of hydrogen-bond acceptors (Lipinski definition) is 21. The fraction of sp³-hybridized carbons (Fsp3) is 1.00. The summed E-state index contributed by atoms with van der Waals surface area (Å²) in [6, 6.07) is 0. The molecule has 270 valence electrons. The summed E-state index contributed by atoms with van der Waals surface area (Å²) in [6.07, 6.45) is -33.7. The van der Waals surface area contributed by atoms with Crippen LogP contribution in [0.2, 0.25) is 0 Å². The summed E-state index contributed by atoms with van der Waals surface area (Å²) in [5.74, 6) is 0. The Bertz CT molecular complexity index is 876. The lowest BCUT2D eigenvalue weighted by Crippen LogP contribution is -2.65. The van der Waals surface area contributed by atoms with Crippen molar-refractivity contribution in [3.63, 3.8) is 0 Å². The van der Waals surface area contributed by atoms with E-state index in [1.807, 2.05) is 0 Å². The van der Waals surface area contributed by atoms with Crippen LogP contribution in [0.4, 0.5) is 0 Å². The maximum atomic E-state index is 11.1. The van der Waals surface area contributed by atoms with Crippen molar-refractivity contribution < 1.29 is 104 Å². The predicted molar refractivity (Wildman–Crippen MR) is 139 cm³/mol. The molecule has 0 bridgehead atoms. The third-order valence-electron chi connectivity index (χ3n) is 8.38. The van der Waals surface area contributed by atoms with Gasteiger partial charge in [0.25, 0.3) is 0 Å². The molecule has 46 heavy (non-hydrogen) atoms. The van der Waals surface area contributed by atoms with Crippen LogP contribution in [0.15, 0.2) is 0 Å². The molecule has 4 heterocycles. The Kier molecular flexibility index (Phi) is 13.4. The highest BCUT2D eigenvalue weighted by Gasteiger charge is 2.53. The van der Waals surface area contributed by atoms with Gasteiger partial charge in [-0.2, -0.15) is 0 Å². The maximum Gasteiger partial charge on any atom is 0.187 e. The van der Waals surface area contributed by atoms with Gasteiger partial charge in [-0.1, -0.05) is 0 Å². The second-order valence-electron chi connectivity index (χ2n) is 11.4. The minimum absolute atomic E-state index is 0.615. The van der Waals surface area contributed by atoms with Crippen LogP contribution in [0.5, 0.6) is 0 Å². The molecule has 4 rings (SSSR count). The molecule has 0 aromatic rings. The first-order valence-electron chi connectivity index (χ1n) is 14.5. The molecule has 4 fully saturated rings. The van der Waals surface area contributed by atoms with Crippen LogP contribution in [0.25, 0.3) is 0 Å². The van der Waals surface area contributed by atoms with Crippen molar-refractivity contribution in [3.05, 3.63) is 0 Å². The van der Waals surface area contributed by atoms with Crippen LogP contribution >= 0.6 is 0 Å². The number of aliphatic hydroxyl groups excluding tert-OH is 13. The lowest BCUT2D eigenvalue weighted by molar-refractivity contribution is -0.370. The molecule has 0 amide bonds. The largest absolute Gasteiger partial charge is 0.394 e. The van der Waals surface area contributed by atoms with E-state index in [9.17, 15) is 66.4 Å². The Balaban J connectivity index is 1.51. The van der Waals surface area contributed by atoms with E-state index in [1.165, 1.54) is 7.11 Å². The number of methoxy groups -OCH3 is 1. The minimum Gasteiger partial charge on any atom is -0.394 e. The molecule has 20 atom stereocenters. The molecular formula is C25H44O21. The topological polar surface area (TPSA) is 337 Å². The van der Waals surface area contributed by atoms with Crippen LogP contribution in [0.3, 0.4) is 0 Å². The van der Waals surface area contributed by atoms with Gasteiger partial charge in [0.2, 0.25) is 0 Å². The normalized spacial score (nSPS) is 52.0. The summed E-state index contributed by atoms with van der Waals surface area (Å²) in [6.45, 7) is -2.87. The molecule has 4 aliphatic heterocycles. The molecule has 0 aromatic heterocycles. The molecule has 0 unspecified atom stereocenters. The van der Waals surface area contributed by atoms with E-state index in [0.29, 0.717) is 0 Å². The van der Waals surface area contributed by atoms with Gasteiger partial charge in [0.1, 0.15) is 97.7 Å². The highest BCUT2D eigenvalue weighted by atomic mass is 16.8. The average molecular weight is 681 g/mol. The molecule has 4 aliphatic rings. The van der Waals surface area contributed by atoms with Gasteiger partial charge in [0.05, 0.1) is 26.4 Å². The maximum absolute atomic E-state index is 11.1. The predicted octanol–water partition coefficient (Wildman–Crippen LogP) is -9.09. The third-order valence-corrected chi connectivity index (χ3v) is 8.38. The van der Waals surface area contributed by atoms with Gasteiger partial charge in [-0.05, 0) is 0 Å². The summed E-state index contributed by atoms with van der Waals surface area (Å²) in [4.78, 5) is 0. The number of ether oxygens (including phenoxy) is 8. The van der Waals surface area contributed by atoms with Crippen LogP contribution < -0.4 is 0 Å². The molecule has 21 heteroatoms. The standard InChI is InChI=1S/C25H44O21/c1-39-22-17(35)16(34)12(30)8(44-22)4-41-24-20(38)21(46-25-19(37)15(33)11(29)7(3-27)43-25)13(31)9(45-24)5-40-23-18(36)14(32)10(28)6(2-26)42-23/h6-38H,2-5H2,1H3/t6-,7-,8-,9-,10-,11-,12-,13-,14+,15+,16+,17+,18+,19+,20+,21+,22+,23+,24+,25-/m1/s1. The zero-order valence-electron chi connectivity index (χ0n) is 24.5. The summed E-state index contributed by atoms with van der Waals surface area (Å²) < 4.78 is 43.3. The van der Waals surface area contributed by atoms with E-state index < -0.39 is 149 Å². The Labute approximate surface area is 261 Å². The van der Waals surface area contributed by atoms with Gasteiger partial charge in [-0.15, -0.1) is 0 Å². The lowest BCUT2D eigenvalue weighted by Gasteiger charge is -2.47. The lowest BCUT2D eigenvalue weighted by atomic mass is 9.96. The van der Waals surface area contributed by atoms with Crippen LogP contribution in [-0.2, 0) is 37.9 Å². The van der Waals surface area contributed by atoms with Crippen molar-refractivity contribution in [2.45, 2.75) is 123 Å². The Morgan fingerprint density at radius 1 is 0.413 bits per heavy atom. The highest BCUT2D eigenvalue weighted by Crippen LogP contribution is 2.32. The fourth-order valence-electron chi connectivity index (χ4n) is 5.51. The molecule has 4 saturated heterocycles. The van der Waals surface area contributed by atoms with E-state index in [0.717, 1.165) is 0 Å².